The molecule has 3 heteroatoms. The average molecular weight is 314 g/mol. The fourth-order valence-corrected chi connectivity index (χ4v) is 3.07. The largest absolute Gasteiger partial charge is 0.382 e. The average Bonchev–Trinajstić information content (AvgIpc) is 2.37. The van der Waals surface area contributed by atoms with Gasteiger partial charge in [-0.1, -0.05) is 19.8 Å². The van der Waals surface area contributed by atoms with Gasteiger partial charge in [0, 0.05) is 11.7 Å². The molecule has 1 saturated carbocycles. The molecule has 1 fully saturated rings. The molecule has 1 aromatic rings. The minimum atomic E-state index is -0.195. The molecule has 0 unspecified atom stereocenters. The second kappa shape index (κ2) is 6.55. The van der Waals surface area contributed by atoms with Gasteiger partial charge in [0.15, 0.2) is 0 Å². The van der Waals surface area contributed by atoms with E-state index in [1.54, 1.807) is 12.1 Å². The SMILES string of the molecule is CCCC1CCC(Nc2ccc(Br)c(F)c2)CC1. The molecule has 0 atom stereocenters. The summed E-state index contributed by atoms with van der Waals surface area (Å²) < 4.78 is 13.9. The molecule has 0 amide bonds. The van der Waals surface area contributed by atoms with Crippen molar-refractivity contribution < 1.29 is 4.39 Å². The first kappa shape index (κ1) is 13.9. The Bertz CT molecular complexity index is 386. The van der Waals surface area contributed by atoms with E-state index in [0.717, 1.165) is 11.6 Å². The number of hydrogen-bond donors (Lipinski definition) is 1. The van der Waals surface area contributed by atoms with Gasteiger partial charge in [0.05, 0.1) is 4.47 Å². The third-order valence-corrected chi connectivity index (χ3v) is 4.48. The second-order valence-corrected chi connectivity index (χ2v) is 6.13. The van der Waals surface area contributed by atoms with Crippen molar-refractivity contribution in [1.29, 1.82) is 0 Å². The summed E-state index contributed by atoms with van der Waals surface area (Å²) in [5, 5.41) is 3.45. The highest BCUT2D eigenvalue weighted by atomic mass is 79.9. The van der Waals surface area contributed by atoms with Crippen molar-refractivity contribution in [2.24, 2.45) is 5.92 Å². The van der Waals surface area contributed by atoms with Crippen LogP contribution in [0, 0.1) is 11.7 Å². The molecule has 1 nitrogen and oxygen atoms in total. The van der Waals surface area contributed by atoms with E-state index in [9.17, 15) is 4.39 Å². The van der Waals surface area contributed by atoms with E-state index in [1.165, 1.54) is 38.5 Å². The van der Waals surface area contributed by atoms with Crippen molar-refractivity contribution in [3.05, 3.63) is 28.5 Å². The Morgan fingerprint density at radius 1 is 1.28 bits per heavy atom. The van der Waals surface area contributed by atoms with Gasteiger partial charge in [0.25, 0.3) is 0 Å². The Morgan fingerprint density at radius 3 is 2.61 bits per heavy atom. The lowest BCUT2D eigenvalue weighted by Crippen LogP contribution is -2.26. The van der Waals surface area contributed by atoms with Gasteiger partial charge in [-0.3, -0.25) is 0 Å². The third kappa shape index (κ3) is 3.71. The smallest absolute Gasteiger partial charge is 0.139 e. The van der Waals surface area contributed by atoms with Gasteiger partial charge < -0.3 is 5.32 Å². The Labute approximate surface area is 117 Å². The molecule has 1 aromatic carbocycles. The second-order valence-electron chi connectivity index (χ2n) is 5.28. The first-order valence-corrected chi connectivity index (χ1v) is 7.70. The van der Waals surface area contributed by atoms with Crippen molar-refractivity contribution in [2.75, 3.05) is 5.32 Å². The van der Waals surface area contributed by atoms with Crippen molar-refractivity contribution in [2.45, 2.75) is 51.5 Å². The highest BCUT2D eigenvalue weighted by Crippen LogP contribution is 2.30. The number of anilines is 1. The van der Waals surface area contributed by atoms with Crippen LogP contribution in [0.3, 0.4) is 0 Å². The standard InChI is InChI=1S/C15H21BrFN/c1-2-3-11-4-6-12(7-5-11)18-13-8-9-14(16)15(17)10-13/h8-12,18H,2-7H2,1H3. The van der Waals surface area contributed by atoms with E-state index in [4.69, 9.17) is 0 Å². The normalized spacial score (nSPS) is 23.9. The number of rotatable bonds is 4. The van der Waals surface area contributed by atoms with Crippen LogP contribution >= 0.6 is 15.9 Å². The van der Waals surface area contributed by atoms with E-state index in [0.29, 0.717) is 10.5 Å². The molecule has 0 aromatic heterocycles. The molecule has 0 spiro atoms. The van der Waals surface area contributed by atoms with Gasteiger partial charge in [-0.05, 0) is 65.7 Å². The molecule has 1 N–H and O–H groups in total. The van der Waals surface area contributed by atoms with Gasteiger partial charge in [0.1, 0.15) is 5.82 Å². The fourth-order valence-electron chi connectivity index (χ4n) is 2.83. The quantitative estimate of drug-likeness (QED) is 0.789. The Kier molecular flexibility index (Phi) is 5.04. The molecule has 0 bridgehead atoms. The summed E-state index contributed by atoms with van der Waals surface area (Å²) in [6.45, 7) is 2.26. The molecule has 1 aliphatic rings. The van der Waals surface area contributed by atoms with Crippen LogP contribution in [-0.2, 0) is 0 Å². The highest BCUT2D eigenvalue weighted by Gasteiger charge is 2.20. The molecule has 0 saturated heterocycles. The summed E-state index contributed by atoms with van der Waals surface area (Å²) >= 11 is 3.18. The predicted octanol–water partition coefficient (Wildman–Crippen LogP) is 5.36. The summed E-state index contributed by atoms with van der Waals surface area (Å²) in [6, 6.07) is 5.78. The van der Waals surface area contributed by atoms with E-state index in [-0.39, 0.29) is 5.82 Å². The van der Waals surface area contributed by atoms with Gasteiger partial charge in [-0.25, -0.2) is 4.39 Å². The van der Waals surface area contributed by atoms with Crippen LogP contribution in [0.4, 0.5) is 10.1 Å². The van der Waals surface area contributed by atoms with Gasteiger partial charge >= 0.3 is 0 Å². The van der Waals surface area contributed by atoms with Crippen molar-refractivity contribution in [1.82, 2.24) is 0 Å². The van der Waals surface area contributed by atoms with E-state index < -0.39 is 0 Å². The first-order chi connectivity index (χ1) is 8.69. The topological polar surface area (TPSA) is 12.0 Å². The highest BCUT2D eigenvalue weighted by molar-refractivity contribution is 9.10. The Balaban J connectivity index is 1.85. The van der Waals surface area contributed by atoms with Crippen LogP contribution in [0.1, 0.15) is 45.4 Å². The zero-order valence-corrected chi connectivity index (χ0v) is 12.5. The molecular weight excluding hydrogens is 293 g/mol. The number of hydrogen-bond acceptors (Lipinski definition) is 1. The molecule has 1 aliphatic carbocycles. The van der Waals surface area contributed by atoms with Crippen molar-refractivity contribution >= 4 is 21.6 Å². The van der Waals surface area contributed by atoms with Gasteiger partial charge in [0.2, 0.25) is 0 Å². The van der Waals surface area contributed by atoms with E-state index in [1.807, 2.05) is 6.07 Å². The van der Waals surface area contributed by atoms with Crippen LogP contribution in [0.2, 0.25) is 0 Å². The van der Waals surface area contributed by atoms with Crippen LogP contribution in [0.25, 0.3) is 0 Å². The molecule has 0 aliphatic heterocycles. The fraction of sp³-hybridized carbons (Fsp3) is 0.600. The maximum absolute atomic E-state index is 13.4. The van der Waals surface area contributed by atoms with E-state index in [2.05, 4.69) is 28.2 Å². The zero-order chi connectivity index (χ0) is 13.0. The van der Waals surface area contributed by atoms with E-state index >= 15 is 0 Å². The van der Waals surface area contributed by atoms with Crippen molar-refractivity contribution in [3.63, 3.8) is 0 Å². The minimum Gasteiger partial charge on any atom is -0.382 e. The first-order valence-electron chi connectivity index (χ1n) is 6.90. The lowest BCUT2D eigenvalue weighted by atomic mass is 9.83. The third-order valence-electron chi connectivity index (χ3n) is 3.83. The molecular formula is C15H21BrFN. The minimum absolute atomic E-state index is 0.195. The zero-order valence-electron chi connectivity index (χ0n) is 10.9. The molecule has 0 radical (unpaired) electrons. The molecule has 0 heterocycles. The summed E-state index contributed by atoms with van der Waals surface area (Å²) in [6.07, 6.45) is 7.69. The molecule has 2 rings (SSSR count). The number of benzene rings is 1. The lowest BCUT2D eigenvalue weighted by Gasteiger charge is -2.29. The maximum atomic E-state index is 13.4. The summed E-state index contributed by atoms with van der Waals surface area (Å²) in [7, 11) is 0. The Hall–Kier alpha value is -0.570. The van der Waals surface area contributed by atoms with Crippen LogP contribution in [-0.4, -0.2) is 6.04 Å². The summed E-state index contributed by atoms with van der Waals surface area (Å²) in [5.41, 5.74) is 0.898. The van der Waals surface area contributed by atoms with Gasteiger partial charge in [-0.2, -0.15) is 0 Å². The summed E-state index contributed by atoms with van der Waals surface area (Å²) in [4.78, 5) is 0. The summed E-state index contributed by atoms with van der Waals surface area (Å²) in [5.74, 6) is 0.717. The molecule has 100 valence electrons. The lowest BCUT2D eigenvalue weighted by molar-refractivity contribution is 0.319. The Morgan fingerprint density at radius 2 is 2.00 bits per heavy atom. The number of nitrogens with one attached hydrogen (secondary N) is 1. The van der Waals surface area contributed by atoms with Crippen molar-refractivity contribution in [3.8, 4) is 0 Å². The van der Waals surface area contributed by atoms with Crippen LogP contribution in [0.15, 0.2) is 22.7 Å². The monoisotopic (exact) mass is 313 g/mol. The number of halogens is 2. The predicted molar refractivity (Wildman–Crippen MR) is 78.4 cm³/mol. The van der Waals surface area contributed by atoms with Gasteiger partial charge in [-0.15, -0.1) is 0 Å². The van der Waals surface area contributed by atoms with Crippen LogP contribution in [0.5, 0.6) is 0 Å². The maximum Gasteiger partial charge on any atom is 0.139 e. The van der Waals surface area contributed by atoms with Crippen LogP contribution < -0.4 is 5.32 Å². The molecule has 18 heavy (non-hydrogen) atoms.